The molecule has 1 unspecified atom stereocenters. The molecule has 0 amide bonds. The van der Waals surface area contributed by atoms with Crippen LogP contribution in [0.1, 0.15) is 19.8 Å². The lowest BCUT2D eigenvalue weighted by molar-refractivity contribution is 0.101. The summed E-state index contributed by atoms with van der Waals surface area (Å²) < 4.78 is 0. The van der Waals surface area contributed by atoms with Gasteiger partial charge in [0.05, 0.1) is 0 Å². The molecule has 2 aliphatic rings. The zero-order valence-corrected chi connectivity index (χ0v) is 9.28. The van der Waals surface area contributed by atoms with E-state index in [2.05, 4.69) is 23.6 Å². The molecule has 0 aromatic carbocycles. The van der Waals surface area contributed by atoms with E-state index >= 15 is 0 Å². The van der Waals surface area contributed by atoms with E-state index in [0.29, 0.717) is 5.54 Å². The van der Waals surface area contributed by atoms with Crippen LogP contribution in [0.2, 0.25) is 0 Å². The Balaban J connectivity index is 2.00. The molecule has 2 rings (SSSR count). The molecule has 1 heterocycles. The van der Waals surface area contributed by atoms with Crippen molar-refractivity contribution < 1.29 is 0 Å². The smallest absolute Gasteiger partial charge is 0.0332 e. The summed E-state index contributed by atoms with van der Waals surface area (Å²) in [6, 6.07) is 0. The normalized spacial score (nSPS) is 30.0. The van der Waals surface area contributed by atoms with Gasteiger partial charge in [-0.3, -0.25) is 4.90 Å². The molecule has 1 saturated heterocycles. The molecule has 0 bridgehead atoms. The molecule has 2 fully saturated rings. The largest absolute Gasteiger partial charge is 0.329 e. The fraction of sp³-hybridized carbons (Fsp3) is 1.00. The Hall–Kier alpha value is 0.270. The maximum Gasteiger partial charge on any atom is 0.0332 e. The van der Waals surface area contributed by atoms with Crippen LogP contribution in [-0.4, -0.2) is 41.6 Å². The van der Waals surface area contributed by atoms with Crippen molar-refractivity contribution in [2.75, 3.05) is 31.1 Å². The van der Waals surface area contributed by atoms with Gasteiger partial charge in [0.15, 0.2) is 0 Å². The third kappa shape index (κ3) is 1.88. The Kier molecular flexibility index (Phi) is 2.86. The second kappa shape index (κ2) is 3.79. The first-order chi connectivity index (χ1) is 6.27. The molecule has 2 N–H and O–H groups in total. The second-order valence-electron chi connectivity index (χ2n) is 4.43. The van der Waals surface area contributed by atoms with E-state index in [-0.39, 0.29) is 0 Å². The fourth-order valence-electron chi connectivity index (χ4n) is 2.33. The number of hydrogen-bond acceptors (Lipinski definition) is 3. The van der Waals surface area contributed by atoms with Crippen LogP contribution in [0.5, 0.6) is 0 Å². The van der Waals surface area contributed by atoms with Gasteiger partial charge in [-0.05, 0) is 25.7 Å². The maximum atomic E-state index is 5.93. The Labute approximate surface area is 85.2 Å². The first-order valence-corrected chi connectivity index (χ1v) is 6.46. The van der Waals surface area contributed by atoms with E-state index in [1.165, 1.54) is 37.4 Å². The number of nitrogens with zero attached hydrogens (tertiary/aromatic N) is 1. The SMILES string of the molecule is CC(CN)(C1CC1)N1CCSCC1. The molecular weight excluding hydrogens is 180 g/mol. The number of hydrogen-bond donors (Lipinski definition) is 1. The van der Waals surface area contributed by atoms with E-state index < -0.39 is 0 Å². The minimum Gasteiger partial charge on any atom is -0.329 e. The lowest BCUT2D eigenvalue weighted by Crippen LogP contribution is -2.56. The van der Waals surface area contributed by atoms with Crippen LogP contribution in [0.15, 0.2) is 0 Å². The summed E-state index contributed by atoms with van der Waals surface area (Å²) in [7, 11) is 0. The summed E-state index contributed by atoms with van der Waals surface area (Å²) in [5, 5.41) is 0. The van der Waals surface area contributed by atoms with E-state index in [9.17, 15) is 0 Å². The van der Waals surface area contributed by atoms with Crippen molar-refractivity contribution in [2.24, 2.45) is 11.7 Å². The van der Waals surface area contributed by atoms with E-state index in [4.69, 9.17) is 5.73 Å². The Morgan fingerprint density at radius 1 is 1.38 bits per heavy atom. The molecule has 2 nitrogen and oxygen atoms in total. The highest BCUT2D eigenvalue weighted by Gasteiger charge is 2.44. The molecule has 1 atom stereocenters. The zero-order valence-electron chi connectivity index (χ0n) is 8.46. The van der Waals surface area contributed by atoms with Crippen molar-refractivity contribution in [3.05, 3.63) is 0 Å². The van der Waals surface area contributed by atoms with Gasteiger partial charge in [0.2, 0.25) is 0 Å². The summed E-state index contributed by atoms with van der Waals surface area (Å²) in [6.45, 7) is 5.69. The standard InChI is InChI=1S/C10H20N2S/c1-10(8-11,9-2-3-9)12-4-6-13-7-5-12/h9H,2-8,11H2,1H3. The molecule has 76 valence electrons. The average Bonchev–Trinajstić information content (AvgIpc) is 3.02. The molecule has 0 spiro atoms. The molecule has 1 aliphatic heterocycles. The number of thioether (sulfide) groups is 1. The minimum absolute atomic E-state index is 0.320. The molecule has 0 aromatic heterocycles. The Morgan fingerprint density at radius 2 is 2.00 bits per heavy atom. The van der Waals surface area contributed by atoms with E-state index in [1.807, 2.05) is 0 Å². The van der Waals surface area contributed by atoms with Crippen LogP contribution in [0.25, 0.3) is 0 Å². The lowest BCUT2D eigenvalue weighted by Gasteiger charge is -2.43. The molecule has 1 aliphatic carbocycles. The third-order valence-corrected chi connectivity index (χ3v) is 4.55. The first kappa shape index (κ1) is 9.81. The maximum absolute atomic E-state index is 5.93. The minimum atomic E-state index is 0.320. The predicted molar refractivity (Wildman–Crippen MR) is 59.1 cm³/mol. The monoisotopic (exact) mass is 200 g/mol. The van der Waals surface area contributed by atoms with Gasteiger partial charge < -0.3 is 5.73 Å². The number of rotatable bonds is 3. The molecule has 3 heteroatoms. The van der Waals surface area contributed by atoms with Crippen LogP contribution >= 0.6 is 11.8 Å². The van der Waals surface area contributed by atoms with Crippen molar-refractivity contribution in [1.29, 1.82) is 0 Å². The van der Waals surface area contributed by atoms with Crippen LogP contribution in [-0.2, 0) is 0 Å². The second-order valence-corrected chi connectivity index (χ2v) is 5.66. The van der Waals surface area contributed by atoms with Gasteiger partial charge in [-0.1, -0.05) is 0 Å². The van der Waals surface area contributed by atoms with Crippen LogP contribution in [0.3, 0.4) is 0 Å². The molecule has 0 aromatic rings. The van der Waals surface area contributed by atoms with Gasteiger partial charge in [0.1, 0.15) is 0 Å². The van der Waals surface area contributed by atoms with Crippen LogP contribution in [0.4, 0.5) is 0 Å². The van der Waals surface area contributed by atoms with Crippen molar-refractivity contribution >= 4 is 11.8 Å². The summed E-state index contributed by atoms with van der Waals surface area (Å²) in [4.78, 5) is 2.63. The first-order valence-electron chi connectivity index (χ1n) is 5.30. The zero-order chi connectivity index (χ0) is 9.31. The van der Waals surface area contributed by atoms with E-state index in [0.717, 1.165) is 12.5 Å². The highest BCUT2D eigenvalue weighted by molar-refractivity contribution is 7.99. The summed E-state index contributed by atoms with van der Waals surface area (Å²) in [5.41, 5.74) is 6.25. The molecule has 1 saturated carbocycles. The van der Waals surface area contributed by atoms with Crippen molar-refractivity contribution in [3.63, 3.8) is 0 Å². The Bertz CT molecular complexity index is 176. The third-order valence-electron chi connectivity index (χ3n) is 3.60. The van der Waals surface area contributed by atoms with Crippen molar-refractivity contribution in [1.82, 2.24) is 4.90 Å². The topological polar surface area (TPSA) is 29.3 Å². The van der Waals surface area contributed by atoms with Crippen LogP contribution in [0, 0.1) is 5.92 Å². The van der Waals surface area contributed by atoms with Gasteiger partial charge in [-0.15, -0.1) is 0 Å². The Morgan fingerprint density at radius 3 is 2.46 bits per heavy atom. The van der Waals surface area contributed by atoms with Crippen molar-refractivity contribution in [2.45, 2.75) is 25.3 Å². The van der Waals surface area contributed by atoms with Gasteiger partial charge in [-0.25, -0.2) is 0 Å². The summed E-state index contributed by atoms with van der Waals surface area (Å²) in [5.74, 6) is 3.48. The lowest BCUT2D eigenvalue weighted by atomic mass is 9.93. The highest BCUT2D eigenvalue weighted by Crippen LogP contribution is 2.43. The van der Waals surface area contributed by atoms with Crippen molar-refractivity contribution in [3.8, 4) is 0 Å². The molecule has 13 heavy (non-hydrogen) atoms. The van der Waals surface area contributed by atoms with Crippen LogP contribution < -0.4 is 5.73 Å². The van der Waals surface area contributed by atoms with Gasteiger partial charge in [0, 0.05) is 36.7 Å². The predicted octanol–water partition coefficient (Wildman–Crippen LogP) is 1.16. The van der Waals surface area contributed by atoms with Gasteiger partial charge in [-0.2, -0.15) is 11.8 Å². The number of nitrogens with two attached hydrogens (primary N) is 1. The van der Waals surface area contributed by atoms with Gasteiger partial charge in [0.25, 0.3) is 0 Å². The average molecular weight is 200 g/mol. The molecular formula is C10H20N2S. The fourth-order valence-corrected chi connectivity index (χ4v) is 3.24. The highest BCUT2D eigenvalue weighted by atomic mass is 32.2. The quantitative estimate of drug-likeness (QED) is 0.741. The summed E-state index contributed by atoms with van der Waals surface area (Å²) >= 11 is 2.07. The summed E-state index contributed by atoms with van der Waals surface area (Å²) in [6.07, 6.45) is 2.80. The van der Waals surface area contributed by atoms with E-state index in [1.54, 1.807) is 0 Å². The molecule has 0 radical (unpaired) electrons. The van der Waals surface area contributed by atoms with Gasteiger partial charge >= 0.3 is 0 Å².